The van der Waals surface area contributed by atoms with Crippen LogP contribution in [0.3, 0.4) is 0 Å². The van der Waals surface area contributed by atoms with Crippen LogP contribution in [0.25, 0.3) is 0 Å². The van der Waals surface area contributed by atoms with Crippen LogP contribution in [0.5, 0.6) is 23.0 Å². The first-order chi connectivity index (χ1) is 46.3. The number of unbranched alkanes of at least 4 members (excludes halogenated alkanes) is 1. The number of amides is 10. The summed E-state index contributed by atoms with van der Waals surface area (Å²) in [5, 5.41) is 72.6. The summed E-state index contributed by atoms with van der Waals surface area (Å²) in [5.74, 6) is -9.26. The summed E-state index contributed by atoms with van der Waals surface area (Å²) in [5.41, 5.74) is -1.10. The fourth-order valence-electron chi connectivity index (χ4n) is 11.4. The fourth-order valence-corrected chi connectivity index (χ4v) is 11.4. The van der Waals surface area contributed by atoms with Gasteiger partial charge < -0.3 is 73.1 Å². The predicted octanol–water partition coefficient (Wildman–Crippen LogP) is 0.117. The first kappa shape index (κ1) is 71.7. The third kappa shape index (κ3) is 20.2. The number of carbonyl (C=O) groups excluding carboxylic acids is 11. The molecule has 3 unspecified atom stereocenters. The van der Waals surface area contributed by atoms with E-state index in [4.69, 9.17) is 4.84 Å². The molecule has 10 amide bonds. The fraction of sp³-hybridized carbons (Fsp3) is 0.439. The number of nitrogens with one attached hydrogen (secondary N) is 9. The molecule has 9 rings (SSSR count). The van der Waals surface area contributed by atoms with Crippen LogP contribution in [-0.4, -0.2) is 247 Å². The molecule has 5 heterocycles. The van der Waals surface area contributed by atoms with Gasteiger partial charge in [0.05, 0.1) is 50.2 Å². The molecule has 3 atom stereocenters. The molecule has 514 valence electrons. The zero-order chi connectivity index (χ0) is 68.7. The Morgan fingerprint density at radius 3 is 1.08 bits per heavy atom. The molecule has 4 aromatic rings. The average molecular weight is 1330 g/mol. The van der Waals surface area contributed by atoms with Crippen LogP contribution in [0.2, 0.25) is 0 Å². The molecule has 0 radical (unpaired) electrons. The van der Waals surface area contributed by atoms with Gasteiger partial charge in [0.2, 0.25) is 5.91 Å². The zero-order valence-electron chi connectivity index (χ0n) is 53.4. The summed E-state index contributed by atoms with van der Waals surface area (Å²) in [4.78, 5) is 162. The summed E-state index contributed by atoms with van der Waals surface area (Å²) in [6.45, 7) is 5.45. The van der Waals surface area contributed by atoms with Gasteiger partial charge in [-0.15, -0.1) is 5.06 Å². The lowest BCUT2D eigenvalue weighted by molar-refractivity contribution is -0.186. The molecule has 5 aliphatic heterocycles. The van der Waals surface area contributed by atoms with Crippen molar-refractivity contribution >= 4 is 65.0 Å². The lowest BCUT2D eigenvalue weighted by Crippen LogP contribution is -2.49. The minimum atomic E-state index is -0.749. The van der Waals surface area contributed by atoms with Gasteiger partial charge in [-0.1, -0.05) is 30.8 Å². The molecule has 96 heavy (non-hydrogen) atoms. The van der Waals surface area contributed by atoms with E-state index in [0.29, 0.717) is 25.0 Å². The number of benzene rings is 4. The second-order valence-electron chi connectivity index (χ2n) is 23.5. The number of hydrogen-bond acceptors (Lipinski definition) is 20. The molecule has 1 fully saturated rings. The molecule has 13 N–H and O–H groups in total. The van der Waals surface area contributed by atoms with Crippen LogP contribution in [0.1, 0.15) is 134 Å². The number of hydrogen-bond donors (Lipinski definition) is 13. The van der Waals surface area contributed by atoms with E-state index < -0.39 is 82.3 Å². The molecule has 12 bridgehead atoms. The molecule has 0 aliphatic carbocycles. The van der Waals surface area contributed by atoms with E-state index in [1.165, 1.54) is 72.8 Å². The van der Waals surface area contributed by atoms with Crippen LogP contribution in [-0.2, 0) is 19.2 Å². The van der Waals surface area contributed by atoms with Crippen molar-refractivity contribution in [2.24, 2.45) is 0 Å². The van der Waals surface area contributed by atoms with E-state index in [2.05, 4.69) is 54.4 Å². The van der Waals surface area contributed by atoms with Crippen LogP contribution in [0.4, 0.5) is 0 Å². The summed E-state index contributed by atoms with van der Waals surface area (Å²) in [6.07, 6.45) is 1.63. The third-order valence-electron chi connectivity index (χ3n) is 16.8. The van der Waals surface area contributed by atoms with Crippen molar-refractivity contribution in [3.05, 3.63) is 130 Å². The molecule has 0 saturated carbocycles. The monoisotopic (exact) mass is 1330 g/mol. The Morgan fingerprint density at radius 2 is 0.750 bits per heavy atom. The topological polar surface area (TPSA) is 402 Å². The summed E-state index contributed by atoms with van der Waals surface area (Å²) < 4.78 is 0. The number of allylic oxidation sites excluding steroid dienone is 1. The van der Waals surface area contributed by atoms with Gasteiger partial charge in [-0.05, 0) is 80.6 Å². The highest BCUT2D eigenvalue weighted by Crippen LogP contribution is 2.27. The van der Waals surface area contributed by atoms with E-state index in [9.17, 15) is 73.2 Å². The molecule has 4 aromatic carbocycles. The maximum Gasteiger partial charge on any atom is 0.333 e. The highest BCUT2D eigenvalue weighted by Gasteiger charge is 2.30. The Labute approximate surface area is 554 Å². The summed E-state index contributed by atoms with van der Waals surface area (Å²) >= 11 is 0. The Kier molecular flexibility index (Phi) is 26.4. The highest BCUT2D eigenvalue weighted by molar-refractivity contribution is 6.06. The van der Waals surface area contributed by atoms with E-state index in [1.54, 1.807) is 0 Å². The molecule has 30 heteroatoms. The Balaban J connectivity index is 1.13. The number of rotatable bonds is 10. The third-order valence-corrected chi connectivity index (χ3v) is 16.8. The van der Waals surface area contributed by atoms with Gasteiger partial charge >= 0.3 is 5.97 Å². The molecule has 0 aromatic heterocycles. The predicted molar refractivity (Wildman–Crippen MR) is 348 cm³/mol. The van der Waals surface area contributed by atoms with Gasteiger partial charge in [-0.2, -0.15) is 0 Å². The number of aromatic hydroxyl groups is 4. The lowest BCUT2D eigenvalue weighted by atomic mass is 10.0. The SMILES string of the molecule is C=C1CCC(=O)N1OC(=O)CCCC(=O)NCCCCC1CN2CCNC(=O)c3cccc(c3O)C(=O)NCCN(CCNC(=O)c3cccc(c3O)C(=O)N1)CCN1CCNC(=O)c3cccc(c3O)C(=O)NCCN(CCNC(=O)c3cccc(c3O)C(=O)NCC1)CC2. The summed E-state index contributed by atoms with van der Waals surface area (Å²) in [7, 11) is 0. The first-order valence-electron chi connectivity index (χ1n) is 32.2. The Morgan fingerprint density at radius 1 is 0.427 bits per heavy atom. The quantitative estimate of drug-likeness (QED) is 0.0938. The van der Waals surface area contributed by atoms with Crippen LogP contribution in [0.15, 0.2) is 85.1 Å². The van der Waals surface area contributed by atoms with Crippen molar-refractivity contribution in [2.45, 2.75) is 57.4 Å². The molecule has 1 saturated heterocycles. The average Bonchev–Trinajstić information content (AvgIpc) is 1.59. The van der Waals surface area contributed by atoms with Gasteiger partial charge in [0.1, 0.15) is 23.0 Å². The van der Waals surface area contributed by atoms with Crippen molar-refractivity contribution in [3.63, 3.8) is 0 Å². The number of carbonyl (C=O) groups is 11. The van der Waals surface area contributed by atoms with Crippen molar-refractivity contribution in [1.82, 2.24) is 72.5 Å². The van der Waals surface area contributed by atoms with Gasteiger partial charge in [-0.25, -0.2) is 4.79 Å². The number of phenolic OH excluding ortho intramolecular Hbond substituents is 4. The second kappa shape index (κ2) is 35.4. The van der Waals surface area contributed by atoms with E-state index in [-0.39, 0.29) is 219 Å². The lowest BCUT2D eigenvalue weighted by Gasteiger charge is -2.31. The van der Waals surface area contributed by atoms with Gasteiger partial charge in [0.15, 0.2) is 0 Å². The van der Waals surface area contributed by atoms with Crippen molar-refractivity contribution in [2.75, 3.05) is 131 Å². The Hall–Kier alpha value is -10.2. The molecule has 0 spiro atoms. The number of phenols is 4. The van der Waals surface area contributed by atoms with Crippen LogP contribution < -0.4 is 47.9 Å². The molecular weight excluding hydrogens is 1240 g/mol. The van der Waals surface area contributed by atoms with E-state index in [0.717, 1.165) is 5.06 Å². The number of hydroxylamine groups is 2. The normalized spacial score (nSPS) is 21.3. The number of fused-ring (bicyclic) bond motifs is 16. The minimum Gasteiger partial charge on any atom is -0.506 e. The maximum atomic E-state index is 14.6. The molecular formula is C66H84N14O16. The van der Waals surface area contributed by atoms with Gasteiger partial charge in [0.25, 0.3) is 53.2 Å². The van der Waals surface area contributed by atoms with Crippen molar-refractivity contribution in [3.8, 4) is 23.0 Å². The standard InChI is InChI=1S/C66H84N14O16/c1-42-20-21-53(82)80(42)96-54(83)19-8-18-52(81)67-22-3-2-9-43-41-79-36-29-74-64(93)49-15-6-14-48(57(49)86)61(90)70-25-32-77(33-26-73-65(94)50-16-7-17-51(58(50)87)66(95)75-43)38-37-76-30-23-68-59(88)44-10-4-12-46(55(44)84)62(91)71-27-34-78(39-40-79)35-28-72-63(92)47-13-5-11-45(56(47)85)60(89)69-24-31-76/h4-7,10-17,43,84-87H,1-3,8-9,18-41H2,(H,67,81)(H,68,88)(H,69,89)(H,70,90)(H,71,91)(H,72,92)(H,73,94)(H,74,93)(H,75,95). The van der Waals surface area contributed by atoms with Crippen molar-refractivity contribution in [1.29, 1.82) is 0 Å². The van der Waals surface area contributed by atoms with E-state index >= 15 is 0 Å². The maximum absolute atomic E-state index is 14.6. The number of nitrogens with zero attached hydrogens (tertiary/aromatic N) is 5. The smallest absolute Gasteiger partial charge is 0.333 e. The van der Waals surface area contributed by atoms with Crippen LogP contribution >= 0.6 is 0 Å². The van der Waals surface area contributed by atoms with Gasteiger partial charge in [0, 0.05) is 156 Å². The minimum absolute atomic E-state index is 0.00281. The van der Waals surface area contributed by atoms with E-state index in [1.807, 2.05) is 19.6 Å². The first-order valence-corrected chi connectivity index (χ1v) is 32.2. The molecule has 30 nitrogen and oxygen atoms in total. The molecule has 5 aliphatic rings. The zero-order valence-corrected chi connectivity index (χ0v) is 53.4. The largest absolute Gasteiger partial charge is 0.506 e. The summed E-state index contributed by atoms with van der Waals surface area (Å²) in [6, 6.07) is 16.1. The van der Waals surface area contributed by atoms with Gasteiger partial charge in [-0.3, -0.25) is 67.5 Å². The second-order valence-corrected chi connectivity index (χ2v) is 23.5. The number of para-hydroxylation sites is 4. The highest BCUT2D eigenvalue weighted by atomic mass is 16.7. The Bertz CT molecular complexity index is 3440. The van der Waals surface area contributed by atoms with Crippen molar-refractivity contribution < 1.29 is 78.0 Å². The van der Waals surface area contributed by atoms with Crippen LogP contribution in [0, 0.1) is 0 Å².